The number of anilines is 1. The third-order valence-electron chi connectivity index (χ3n) is 4.54. The van der Waals surface area contributed by atoms with Crippen molar-refractivity contribution in [2.45, 2.75) is 32.9 Å². The highest BCUT2D eigenvalue weighted by molar-refractivity contribution is 6.01. The second-order valence-electron chi connectivity index (χ2n) is 6.41. The van der Waals surface area contributed by atoms with E-state index < -0.39 is 5.97 Å². The number of nitrogens with one attached hydrogen (secondary N) is 1. The van der Waals surface area contributed by atoms with Crippen molar-refractivity contribution in [2.24, 2.45) is 0 Å². The molecule has 3 aromatic rings. The minimum absolute atomic E-state index is 0.107. The third-order valence-corrected chi connectivity index (χ3v) is 4.54. The van der Waals surface area contributed by atoms with Crippen LogP contribution in [0.4, 0.5) is 5.69 Å². The molecule has 1 amide bonds. The first-order valence-corrected chi connectivity index (χ1v) is 9.22. The van der Waals surface area contributed by atoms with E-state index in [1.165, 1.54) is 7.11 Å². The quantitative estimate of drug-likeness (QED) is 0.638. The van der Waals surface area contributed by atoms with Gasteiger partial charge in [0.15, 0.2) is 0 Å². The molecular weight excluding hydrogens is 358 g/mol. The topological polar surface area (TPSA) is 82.3 Å². The van der Waals surface area contributed by atoms with E-state index in [-0.39, 0.29) is 30.1 Å². The second-order valence-corrected chi connectivity index (χ2v) is 6.41. The van der Waals surface area contributed by atoms with Gasteiger partial charge in [-0.05, 0) is 30.7 Å². The number of imidazole rings is 1. The van der Waals surface area contributed by atoms with Crippen molar-refractivity contribution in [3.05, 3.63) is 64.6 Å². The molecule has 0 aliphatic heterocycles. The minimum Gasteiger partial charge on any atom is -0.465 e. The van der Waals surface area contributed by atoms with Crippen molar-refractivity contribution in [1.82, 2.24) is 9.13 Å². The van der Waals surface area contributed by atoms with Gasteiger partial charge in [-0.1, -0.05) is 31.2 Å². The van der Waals surface area contributed by atoms with E-state index in [4.69, 9.17) is 4.74 Å². The minimum atomic E-state index is -0.519. The zero-order valence-corrected chi connectivity index (χ0v) is 16.0. The first kappa shape index (κ1) is 19.4. The lowest BCUT2D eigenvalue weighted by molar-refractivity contribution is -0.116. The highest BCUT2D eigenvalue weighted by Crippen LogP contribution is 2.17. The summed E-state index contributed by atoms with van der Waals surface area (Å²) in [6.07, 6.45) is 0.953. The number of carbonyl (C=O) groups excluding carboxylic acids is 2. The molecule has 0 aliphatic carbocycles. The number of aromatic nitrogens is 2. The van der Waals surface area contributed by atoms with Gasteiger partial charge < -0.3 is 10.1 Å². The monoisotopic (exact) mass is 381 g/mol. The summed E-state index contributed by atoms with van der Waals surface area (Å²) in [6.45, 7) is 2.90. The van der Waals surface area contributed by atoms with Crippen molar-refractivity contribution in [3.8, 4) is 0 Å². The predicted molar refractivity (Wildman–Crippen MR) is 108 cm³/mol. The standard InChI is InChI=1S/C21H23N3O4/c1-3-13-23-17-10-6-7-11-18(17)24(21(23)27)14-12-19(25)22-16-9-5-4-8-15(16)20(26)28-2/h4-11H,3,12-14H2,1-2H3,(H,22,25). The summed E-state index contributed by atoms with van der Waals surface area (Å²) < 4.78 is 8.10. The predicted octanol–water partition coefficient (Wildman–Crippen LogP) is 3.03. The summed E-state index contributed by atoms with van der Waals surface area (Å²) in [5.74, 6) is -0.801. The molecule has 28 heavy (non-hydrogen) atoms. The van der Waals surface area contributed by atoms with E-state index in [9.17, 15) is 14.4 Å². The molecule has 2 aromatic carbocycles. The number of benzene rings is 2. The molecule has 0 spiro atoms. The Morgan fingerprint density at radius 2 is 1.57 bits per heavy atom. The molecule has 0 bridgehead atoms. The number of esters is 1. The van der Waals surface area contributed by atoms with Crippen molar-refractivity contribution < 1.29 is 14.3 Å². The maximum atomic E-state index is 12.8. The number of fused-ring (bicyclic) bond motifs is 1. The van der Waals surface area contributed by atoms with Crippen LogP contribution < -0.4 is 11.0 Å². The number of rotatable bonds is 7. The van der Waals surface area contributed by atoms with E-state index in [0.717, 1.165) is 17.5 Å². The average Bonchev–Trinajstić information content (AvgIpc) is 2.98. The van der Waals surface area contributed by atoms with Gasteiger partial charge in [0.25, 0.3) is 0 Å². The molecule has 1 aromatic heterocycles. The van der Waals surface area contributed by atoms with Crippen LogP contribution in [0.3, 0.4) is 0 Å². The summed E-state index contributed by atoms with van der Waals surface area (Å²) >= 11 is 0. The van der Waals surface area contributed by atoms with Crippen molar-refractivity contribution >= 4 is 28.6 Å². The lowest BCUT2D eigenvalue weighted by Gasteiger charge is -2.10. The highest BCUT2D eigenvalue weighted by atomic mass is 16.5. The lowest BCUT2D eigenvalue weighted by atomic mass is 10.1. The Bertz CT molecular complexity index is 1060. The number of hydrogen-bond acceptors (Lipinski definition) is 4. The maximum absolute atomic E-state index is 12.8. The van der Waals surface area contributed by atoms with Crippen molar-refractivity contribution in [3.63, 3.8) is 0 Å². The number of para-hydroxylation sites is 3. The first-order valence-electron chi connectivity index (χ1n) is 9.22. The van der Waals surface area contributed by atoms with E-state index in [1.807, 2.05) is 31.2 Å². The van der Waals surface area contributed by atoms with Gasteiger partial charge in [-0.3, -0.25) is 13.9 Å². The maximum Gasteiger partial charge on any atom is 0.339 e. The van der Waals surface area contributed by atoms with Gasteiger partial charge in [-0.2, -0.15) is 0 Å². The molecule has 0 atom stereocenters. The Balaban J connectivity index is 1.79. The molecule has 0 saturated heterocycles. The zero-order valence-electron chi connectivity index (χ0n) is 16.0. The Kier molecular flexibility index (Phi) is 5.93. The van der Waals surface area contributed by atoms with Crippen LogP contribution >= 0.6 is 0 Å². The number of amides is 1. The first-order chi connectivity index (χ1) is 13.6. The molecule has 0 fully saturated rings. The van der Waals surface area contributed by atoms with Gasteiger partial charge in [0.05, 0.1) is 29.4 Å². The van der Waals surface area contributed by atoms with Crippen LogP contribution in [0.1, 0.15) is 30.1 Å². The van der Waals surface area contributed by atoms with Gasteiger partial charge in [0.2, 0.25) is 5.91 Å². The van der Waals surface area contributed by atoms with E-state index >= 15 is 0 Å². The van der Waals surface area contributed by atoms with Crippen LogP contribution in [0.5, 0.6) is 0 Å². The van der Waals surface area contributed by atoms with Gasteiger partial charge in [0.1, 0.15) is 0 Å². The van der Waals surface area contributed by atoms with E-state index in [0.29, 0.717) is 12.2 Å². The number of methoxy groups -OCH3 is 1. The SMILES string of the molecule is CCCn1c(=O)n(CCC(=O)Nc2ccccc2C(=O)OC)c2ccccc21. The highest BCUT2D eigenvalue weighted by Gasteiger charge is 2.15. The number of aryl methyl sites for hydroxylation is 2. The molecule has 3 rings (SSSR count). The van der Waals surface area contributed by atoms with Crippen LogP contribution in [0.15, 0.2) is 53.3 Å². The third kappa shape index (κ3) is 3.83. The van der Waals surface area contributed by atoms with Crippen molar-refractivity contribution in [2.75, 3.05) is 12.4 Å². The molecule has 0 aliphatic rings. The molecule has 146 valence electrons. The average molecular weight is 381 g/mol. The molecule has 1 heterocycles. The van der Waals surface area contributed by atoms with Crippen LogP contribution in [0.2, 0.25) is 0 Å². The number of ether oxygens (including phenoxy) is 1. The summed E-state index contributed by atoms with van der Waals surface area (Å²) in [5.41, 5.74) is 2.23. The Morgan fingerprint density at radius 1 is 0.964 bits per heavy atom. The summed E-state index contributed by atoms with van der Waals surface area (Å²) in [6, 6.07) is 14.2. The van der Waals surface area contributed by atoms with Gasteiger partial charge >= 0.3 is 11.7 Å². The number of carbonyl (C=O) groups is 2. The van der Waals surface area contributed by atoms with E-state index in [1.54, 1.807) is 33.4 Å². The molecule has 0 saturated carbocycles. The zero-order chi connectivity index (χ0) is 20.1. The van der Waals surface area contributed by atoms with E-state index in [2.05, 4.69) is 5.32 Å². The summed E-state index contributed by atoms with van der Waals surface area (Å²) in [5, 5.41) is 2.73. The van der Waals surface area contributed by atoms with Crippen LogP contribution in [-0.4, -0.2) is 28.1 Å². The largest absolute Gasteiger partial charge is 0.465 e. The Hall–Kier alpha value is -3.35. The molecule has 7 heteroatoms. The van der Waals surface area contributed by atoms with Crippen LogP contribution in [0, 0.1) is 0 Å². The molecule has 0 unspecified atom stereocenters. The van der Waals surface area contributed by atoms with Crippen LogP contribution in [-0.2, 0) is 22.6 Å². The molecular formula is C21H23N3O4. The molecule has 1 N–H and O–H groups in total. The lowest BCUT2D eigenvalue weighted by Crippen LogP contribution is -2.26. The van der Waals surface area contributed by atoms with Gasteiger partial charge in [-0.15, -0.1) is 0 Å². The van der Waals surface area contributed by atoms with Gasteiger partial charge in [0, 0.05) is 19.5 Å². The smallest absolute Gasteiger partial charge is 0.339 e. The fourth-order valence-electron chi connectivity index (χ4n) is 3.23. The summed E-state index contributed by atoms with van der Waals surface area (Å²) in [4.78, 5) is 37.0. The van der Waals surface area contributed by atoms with Crippen molar-refractivity contribution in [1.29, 1.82) is 0 Å². The fraction of sp³-hybridized carbons (Fsp3) is 0.286. The summed E-state index contributed by atoms with van der Waals surface area (Å²) in [7, 11) is 1.29. The fourth-order valence-corrected chi connectivity index (χ4v) is 3.23. The van der Waals surface area contributed by atoms with Gasteiger partial charge in [-0.25, -0.2) is 9.59 Å². The Labute approximate surface area is 162 Å². The number of hydrogen-bond donors (Lipinski definition) is 1. The Morgan fingerprint density at radius 3 is 2.21 bits per heavy atom. The molecule has 0 radical (unpaired) electrons. The molecule has 7 nitrogen and oxygen atoms in total. The second kappa shape index (κ2) is 8.56. The number of nitrogens with zero attached hydrogens (tertiary/aromatic N) is 2. The normalized spacial score (nSPS) is 10.8. The van der Waals surface area contributed by atoms with Crippen LogP contribution in [0.25, 0.3) is 11.0 Å².